The first kappa shape index (κ1) is 20.6. The van der Waals surface area contributed by atoms with Crippen molar-refractivity contribution >= 4 is 17.7 Å². The number of nitrogens with zero attached hydrogens (tertiary/aromatic N) is 3. The number of pyridine rings is 1. The maximum absolute atomic E-state index is 12.5. The molecule has 2 heterocycles. The molecule has 1 aliphatic heterocycles. The normalized spacial score (nSPS) is 14.1. The average Bonchev–Trinajstić information content (AvgIpc) is 2.82. The largest absolute Gasteiger partial charge is 0.415 e. The van der Waals surface area contributed by atoms with Crippen molar-refractivity contribution in [2.24, 2.45) is 0 Å². The molecule has 1 N–H and O–H groups in total. The summed E-state index contributed by atoms with van der Waals surface area (Å²) in [6, 6.07) is 21.7. The summed E-state index contributed by atoms with van der Waals surface area (Å²) in [6.07, 6.45) is 1.43. The smallest absolute Gasteiger partial charge is 0.410 e. The fraction of sp³-hybridized carbons (Fsp3) is 0.208. The highest BCUT2D eigenvalue weighted by Crippen LogP contribution is 2.18. The van der Waals surface area contributed by atoms with Crippen LogP contribution in [0.5, 0.6) is 5.75 Å². The van der Waals surface area contributed by atoms with Crippen LogP contribution in [0, 0.1) is 0 Å². The van der Waals surface area contributed by atoms with E-state index in [0.29, 0.717) is 30.1 Å². The Hall–Kier alpha value is -3.71. The maximum Gasteiger partial charge on any atom is 0.415 e. The van der Waals surface area contributed by atoms with Gasteiger partial charge in [0, 0.05) is 50.2 Å². The van der Waals surface area contributed by atoms with Crippen molar-refractivity contribution in [2.45, 2.75) is 6.54 Å². The monoisotopic (exact) mass is 416 g/mol. The second-order valence-corrected chi connectivity index (χ2v) is 7.30. The minimum atomic E-state index is -0.362. The van der Waals surface area contributed by atoms with Gasteiger partial charge in [-0.25, -0.2) is 4.79 Å². The van der Waals surface area contributed by atoms with Gasteiger partial charge in [0.15, 0.2) is 0 Å². The van der Waals surface area contributed by atoms with Gasteiger partial charge in [-0.3, -0.25) is 14.7 Å². The Morgan fingerprint density at radius 3 is 2.26 bits per heavy atom. The van der Waals surface area contributed by atoms with Gasteiger partial charge in [0.05, 0.1) is 5.69 Å². The zero-order chi connectivity index (χ0) is 21.5. The van der Waals surface area contributed by atoms with Crippen LogP contribution in [-0.2, 0) is 6.54 Å². The molecule has 1 aliphatic rings. The molecule has 0 radical (unpaired) electrons. The Labute approximate surface area is 181 Å². The number of carbonyl (C=O) groups is 2. The molecule has 158 valence electrons. The second kappa shape index (κ2) is 9.86. The third-order valence-electron chi connectivity index (χ3n) is 5.10. The molecule has 0 bridgehead atoms. The molecule has 0 spiro atoms. The van der Waals surface area contributed by atoms with Crippen LogP contribution in [0.3, 0.4) is 0 Å². The van der Waals surface area contributed by atoms with E-state index in [1.807, 2.05) is 36.4 Å². The van der Waals surface area contributed by atoms with E-state index in [9.17, 15) is 9.59 Å². The van der Waals surface area contributed by atoms with Crippen LogP contribution in [-0.4, -0.2) is 53.0 Å². The Morgan fingerprint density at radius 2 is 1.58 bits per heavy atom. The molecule has 7 nitrogen and oxygen atoms in total. The lowest BCUT2D eigenvalue weighted by molar-refractivity contribution is 0.102. The van der Waals surface area contributed by atoms with Crippen LogP contribution in [0.15, 0.2) is 79.0 Å². The van der Waals surface area contributed by atoms with E-state index in [1.165, 1.54) is 0 Å². The number of aromatic nitrogens is 1. The third kappa shape index (κ3) is 5.67. The van der Waals surface area contributed by atoms with E-state index in [0.717, 1.165) is 25.3 Å². The quantitative estimate of drug-likeness (QED) is 0.687. The van der Waals surface area contributed by atoms with Gasteiger partial charge in [-0.15, -0.1) is 0 Å². The average molecular weight is 416 g/mol. The van der Waals surface area contributed by atoms with Gasteiger partial charge in [-0.1, -0.05) is 24.3 Å². The molecule has 0 atom stereocenters. The van der Waals surface area contributed by atoms with Gasteiger partial charge < -0.3 is 15.0 Å². The van der Waals surface area contributed by atoms with Crippen LogP contribution in [0.2, 0.25) is 0 Å². The van der Waals surface area contributed by atoms with E-state index in [-0.39, 0.29) is 12.0 Å². The second-order valence-electron chi connectivity index (χ2n) is 7.30. The molecule has 7 heteroatoms. The standard InChI is InChI=1S/C24H24N4O3/c29-23(19-6-2-1-3-7-19)26-20-9-11-22(12-10-20)31-24(30)28-16-14-27(15-17-28)18-21-8-4-5-13-25-21/h1-13H,14-18H2,(H,26,29). The van der Waals surface area contributed by atoms with Gasteiger partial charge in [0.25, 0.3) is 5.91 Å². The summed E-state index contributed by atoms with van der Waals surface area (Å²) in [4.78, 5) is 33.0. The number of hydrogen-bond donors (Lipinski definition) is 1. The Bertz CT molecular complexity index is 1000. The number of piperazine rings is 1. The predicted octanol–water partition coefficient (Wildman–Crippen LogP) is 3.65. The summed E-state index contributed by atoms with van der Waals surface area (Å²) in [7, 11) is 0. The molecule has 0 aliphatic carbocycles. The molecule has 2 amide bonds. The lowest BCUT2D eigenvalue weighted by atomic mass is 10.2. The van der Waals surface area contributed by atoms with Gasteiger partial charge in [-0.05, 0) is 48.5 Å². The van der Waals surface area contributed by atoms with Crippen molar-refractivity contribution in [2.75, 3.05) is 31.5 Å². The van der Waals surface area contributed by atoms with E-state index in [4.69, 9.17) is 4.74 Å². The summed E-state index contributed by atoms with van der Waals surface area (Å²) >= 11 is 0. The highest BCUT2D eigenvalue weighted by molar-refractivity contribution is 6.04. The first-order valence-electron chi connectivity index (χ1n) is 10.2. The zero-order valence-electron chi connectivity index (χ0n) is 17.1. The number of anilines is 1. The topological polar surface area (TPSA) is 74.8 Å². The molecule has 0 unspecified atom stereocenters. The summed E-state index contributed by atoms with van der Waals surface area (Å²) in [6.45, 7) is 3.54. The molecule has 2 aromatic carbocycles. The van der Waals surface area contributed by atoms with Crippen molar-refractivity contribution in [3.05, 3.63) is 90.3 Å². The van der Waals surface area contributed by atoms with Crippen LogP contribution < -0.4 is 10.1 Å². The fourth-order valence-corrected chi connectivity index (χ4v) is 3.37. The molecular weight excluding hydrogens is 392 g/mol. The van der Waals surface area contributed by atoms with Crippen molar-refractivity contribution in [1.82, 2.24) is 14.8 Å². The van der Waals surface area contributed by atoms with Crippen LogP contribution >= 0.6 is 0 Å². The van der Waals surface area contributed by atoms with Gasteiger partial charge in [0.1, 0.15) is 5.75 Å². The number of hydrogen-bond acceptors (Lipinski definition) is 5. The Morgan fingerprint density at radius 1 is 0.871 bits per heavy atom. The lowest BCUT2D eigenvalue weighted by Crippen LogP contribution is -2.49. The molecule has 31 heavy (non-hydrogen) atoms. The molecule has 3 aromatic rings. The number of ether oxygens (including phenoxy) is 1. The minimum absolute atomic E-state index is 0.186. The van der Waals surface area contributed by atoms with E-state index < -0.39 is 0 Å². The molecular formula is C24H24N4O3. The van der Waals surface area contributed by atoms with Gasteiger partial charge >= 0.3 is 6.09 Å². The number of rotatable bonds is 5. The zero-order valence-corrected chi connectivity index (χ0v) is 17.1. The summed E-state index contributed by atoms with van der Waals surface area (Å²) in [5.41, 5.74) is 2.25. The first-order chi connectivity index (χ1) is 15.2. The Balaban J connectivity index is 1.25. The van der Waals surface area contributed by atoms with Crippen molar-refractivity contribution in [3.63, 3.8) is 0 Å². The van der Waals surface area contributed by atoms with Crippen LogP contribution in [0.4, 0.5) is 10.5 Å². The van der Waals surface area contributed by atoms with Gasteiger partial charge in [0.2, 0.25) is 0 Å². The van der Waals surface area contributed by atoms with Crippen LogP contribution in [0.1, 0.15) is 16.1 Å². The predicted molar refractivity (Wildman–Crippen MR) is 118 cm³/mol. The van der Waals surface area contributed by atoms with Crippen molar-refractivity contribution in [3.8, 4) is 5.75 Å². The maximum atomic E-state index is 12.5. The van der Waals surface area contributed by atoms with E-state index in [2.05, 4.69) is 15.2 Å². The van der Waals surface area contributed by atoms with Crippen molar-refractivity contribution < 1.29 is 14.3 Å². The van der Waals surface area contributed by atoms with Crippen LogP contribution in [0.25, 0.3) is 0 Å². The number of nitrogens with one attached hydrogen (secondary N) is 1. The first-order valence-corrected chi connectivity index (χ1v) is 10.2. The minimum Gasteiger partial charge on any atom is -0.410 e. The highest BCUT2D eigenvalue weighted by atomic mass is 16.6. The fourth-order valence-electron chi connectivity index (χ4n) is 3.37. The van der Waals surface area contributed by atoms with E-state index >= 15 is 0 Å². The molecule has 1 aromatic heterocycles. The summed E-state index contributed by atoms with van der Waals surface area (Å²) < 4.78 is 5.50. The lowest BCUT2D eigenvalue weighted by Gasteiger charge is -2.33. The molecule has 4 rings (SSSR count). The number of benzene rings is 2. The molecule has 1 fully saturated rings. The number of amides is 2. The third-order valence-corrected chi connectivity index (χ3v) is 5.10. The SMILES string of the molecule is O=C(Nc1ccc(OC(=O)N2CCN(Cc3ccccn3)CC2)cc1)c1ccccc1. The summed E-state index contributed by atoms with van der Waals surface area (Å²) in [5.74, 6) is 0.257. The summed E-state index contributed by atoms with van der Waals surface area (Å²) in [5, 5.41) is 2.83. The van der Waals surface area contributed by atoms with E-state index in [1.54, 1.807) is 47.5 Å². The van der Waals surface area contributed by atoms with Gasteiger partial charge in [-0.2, -0.15) is 0 Å². The Kier molecular flexibility index (Phi) is 6.54. The highest BCUT2D eigenvalue weighted by Gasteiger charge is 2.22. The molecule has 0 saturated carbocycles. The number of carbonyl (C=O) groups excluding carboxylic acids is 2. The molecule has 1 saturated heterocycles. The van der Waals surface area contributed by atoms with Crippen molar-refractivity contribution in [1.29, 1.82) is 0 Å².